The number of sulfonamides is 1. The summed E-state index contributed by atoms with van der Waals surface area (Å²) in [4.78, 5) is -0.0145. The summed E-state index contributed by atoms with van der Waals surface area (Å²) in [5.74, 6) is 0.778. The van der Waals surface area contributed by atoms with Gasteiger partial charge in [0.25, 0.3) is 0 Å². The maximum atomic E-state index is 12.1. The predicted octanol–water partition coefficient (Wildman–Crippen LogP) is -0.869. The van der Waals surface area contributed by atoms with Crippen LogP contribution in [0.15, 0.2) is 17.0 Å². The molecule has 0 saturated carbocycles. The zero-order valence-corrected chi connectivity index (χ0v) is 12.3. The van der Waals surface area contributed by atoms with Crippen molar-refractivity contribution in [2.45, 2.75) is 11.0 Å². The van der Waals surface area contributed by atoms with Gasteiger partial charge < -0.3 is 25.0 Å². The molecule has 1 aromatic carbocycles. The Kier molecular flexibility index (Phi) is 4.88. The Morgan fingerprint density at radius 3 is 2.48 bits per heavy atom. The molecule has 1 aliphatic heterocycles. The SMILES string of the molecule is CNS(=O)(=O)c1cc2c(cc1NCC(O)CO)OCCO2. The van der Waals surface area contributed by atoms with E-state index in [1.165, 1.54) is 19.2 Å². The second kappa shape index (κ2) is 6.48. The number of hydrogen-bond donors (Lipinski definition) is 4. The van der Waals surface area contributed by atoms with Crippen molar-refractivity contribution in [2.75, 3.05) is 38.7 Å². The van der Waals surface area contributed by atoms with Crippen LogP contribution in [0.2, 0.25) is 0 Å². The standard InChI is InChI=1S/C12H18N2O6S/c1-13-21(17,18)12-5-11-10(19-2-3-20-11)4-9(12)14-6-8(16)7-15/h4-5,8,13-16H,2-3,6-7H2,1H3. The molecule has 2 rings (SSSR count). The van der Waals surface area contributed by atoms with E-state index in [-0.39, 0.29) is 17.1 Å². The molecule has 1 unspecified atom stereocenters. The molecule has 1 atom stereocenters. The monoisotopic (exact) mass is 318 g/mol. The topological polar surface area (TPSA) is 117 Å². The lowest BCUT2D eigenvalue weighted by molar-refractivity contribution is 0.105. The maximum Gasteiger partial charge on any atom is 0.242 e. The fourth-order valence-corrected chi connectivity index (χ4v) is 2.74. The van der Waals surface area contributed by atoms with E-state index in [0.29, 0.717) is 24.7 Å². The molecule has 118 valence electrons. The summed E-state index contributed by atoms with van der Waals surface area (Å²) in [6, 6.07) is 2.87. The van der Waals surface area contributed by atoms with Crippen LogP contribution >= 0.6 is 0 Å². The molecule has 1 heterocycles. The van der Waals surface area contributed by atoms with Crippen LogP contribution in [-0.2, 0) is 10.0 Å². The molecule has 0 aromatic heterocycles. The smallest absolute Gasteiger partial charge is 0.242 e. The molecule has 0 saturated heterocycles. The largest absolute Gasteiger partial charge is 0.486 e. The second-order valence-electron chi connectivity index (χ2n) is 4.42. The van der Waals surface area contributed by atoms with E-state index >= 15 is 0 Å². The zero-order chi connectivity index (χ0) is 15.5. The van der Waals surface area contributed by atoms with Crippen LogP contribution < -0.4 is 19.5 Å². The highest BCUT2D eigenvalue weighted by Gasteiger charge is 2.23. The van der Waals surface area contributed by atoms with E-state index in [0.717, 1.165) is 0 Å². The van der Waals surface area contributed by atoms with Gasteiger partial charge in [-0.1, -0.05) is 0 Å². The van der Waals surface area contributed by atoms with Gasteiger partial charge in [0.15, 0.2) is 11.5 Å². The van der Waals surface area contributed by atoms with E-state index in [2.05, 4.69) is 10.0 Å². The van der Waals surface area contributed by atoms with Gasteiger partial charge in [-0.25, -0.2) is 13.1 Å². The van der Waals surface area contributed by atoms with Crippen LogP contribution in [-0.4, -0.2) is 58.1 Å². The molecule has 0 bridgehead atoms. The minimum atomic E-state index is -3.71. The van der Waals surface area contributed by atoms with Crippen molar-refractivity contribution in [3.8, 4) is 11.5 Å². The Bertz CT molecular complexity index is 604. The lowest BCUT2D eigenvalue weighted by Crippen LogP contribution is -2.26. The van der Waals surface area contributed by atoms with Crippen molar-refractivity contribution in [3.05, 3.63) is 12.1 Å². The number of ether oxygens (including phenoxy) is 2. The van der Waals surface area contributed by atoms with Crippen molar-refractivity contribution in [1.82, 2.24) is 4.72 Å². The summed E-state index contributed by atoms with van der Waals surface area (Å²) in [6.45, 7) is 0.305. The van der Waals surface area contributed by atoms with Crippen molar-refractivity contribution in [3.63, 3.8) is 0 Å². The van der Waals surface area contributed by atoms with Gasteiger partial charge in [0.1, 0.15) is 18.1 Å². The summed E-state index contributed by atoms with van der Waals surface area (Å²) in [5, 5.41) is 21.0. The Balaban J connectivity index is 2.40. The summed E-state index contributed by atoms with van der Waals surface area (Å²) in [7, 11) is -2.41. The first-order chi connectivity index (χ1) is 9.97. The van der Waals surface area contributed by atoms with Gasteiger partial charge in [0, 0.05) is 18.7 Å². The molecule has 0 amide bonds. The molecule has 9 heteroatoms. The lowest BCUT2D eigenvalue weighted by atomic mass is 10.2. The van der Waals surface area contributed by atoms with Crippen molar-refractivity contribution >= 4 is 15.7 Å². The third-order valence-corrected chi connectivity index (χ3v) is 4.40. The minimum absolute atomic E-state index is 0.00236. The van der Waals surface area contributed by atoms with Gasteiger partial charge in [-0.2, -0.15) is 0 Å². The number of rotatable bonds is 6. The Labute approximate surface area is 122 Å². The van der Waals surface area contributed by atoms with Gasteiger partial charge in [0.05, 0.1) is 18.4 Å². The molecule has 1 aromatic rings. The van der Waals surface area contributed by atoms with Crippen LogP contribution in [0.1, 0.15) is 0 Å². The highest BCUT2D eigenvalue weighted by atomic mass is 32.2. The number of anilines is 1. The molecule has 8 nitrogen and oxygen atoms in total. The van der Waals surface area contributed by atoms with Crippen molar-refractivity contribution in [1.29, 1.82) is 0 Å². The molecular weight excluding hydrogens is 300 g/mol. The van der Waals surface area contributed by atoms with Crippen LogP contribution in [0.5, 0.6) is 11.5 Å². The molecule has 4 N–H and O–H groups in total. The van der Waals surface area contributed by atoms with E-state index < -0.39 is 22.7 Å². The number of benzene rings is 1. The highest BCUT2D eigenvalue weighted by molar-refractivity contribution is 7.89. The first-order valence-electron chi connectivity index (χ1n) is 6.38. The Morgan fingerprint density at radius 1 is 1.29 bits per heavy atom. The number of fused-ring (bicyclic) bond motifs is 1. The van der Waals surface area contributed by atoms with E-state index in [1.807, 2.05) is 0 Å². The zero-order valence-electron chi connectivity index (χ0n) is 11.5. The normalized spacial score (nSPS) is 15.6. The molecule has 0 spiro atoms. The first-order valence-corrected chi connectivity index (χ1v) is 7.86. The first kappa shape index (κ1) is 15.8. The quantitative estimate of drug-likeness (QED) is 0.539. The molecule has 1 aliphatic rings. The number of nitrogens with one attached hydrogen (secondary N) is 2. The summed E-state index contributed by atoms with van der Waals surface area (Å²) < 4.78 is 37.1. The average molecular weight is 318 g/mol. The Hall–Kier alpha value is -1.55. The molecule has 0 fully saturated rings. The fourth-order valence-electron chi connectivity index (χ4n) is 1.83. The van der Waals surface area contributed by atoms with Crippen LogP contribution in [0.4, 0.5) is 5.69 Å². The minimum Gasteiger partial charge on any atom is -0.486 e. The van der Waals surface area contributed by atoms with Gasteiger partial charge in [-0.3, -0.25) is 0 Å². The van der Waals surface area contributed by atoms with Crippen molar-refractivity contribution in [2.24, 2.45) is 0 Å². The van der Waals surface area contributed by atoms with E-state index in [4.69, 9.17) is 14.6 Å². The van der Waals surface area contributed by atoms with Crippen LogP contribution in [0.3, 0.4) is 0 Å². The van der Waals surface area contributed by atoms with E-state index in [1.54, 1.807) is 0 Å². The van der Waals surface area contributed by atoms with Crippen LogP contribution in [0.25, 0.3) is 0 Å². The van der Waals surface area contributed by atoms with Gasteiger partial charge in [0.2, 0.25) is 10.0 Å². The van der Waals surface area contributed by atoms with Gasteiger partial charge >= 0.3 is 0 Å². The van der Waals surface area contributed by atoms with Crippen molar-refractivity contribution < 1.29 is 28.1 Å². The predicted molar refractivity (Wildman–Crippen MR) is 75.3 cm³/mol. The summed E-state index contributed by atoms with van der Waals surface area (Å²) >= 11 is 0. The maximum absolute atomic E-state index is 12.1. The van der Waals surface area contributed by atoms with Gasteiger partial charge in [-0.15, -0.1) is 0 Å². The third kappa shape index (κ3) is 3.56. The number of aliphatic hydroxyl groups excluding tert-OH is 2. The lowest BCUT2D eigenvalue weighted by Gasteiger charge is -2.22. The second-order valence-corrected chi connectivity index (χ2v) is 6.27. The highest BCUT2D eigenvalue weighted by Crippen LogP contribution is 2.37. The molecule has 21 heavy (non-hydrogen) atoms. The van der Waals surface area contributed by atoms with Crippen LogP contribution in [0, 0.1) is 0 Å². The number of aliphatic hydroxyl groups is 2. The third-order valence-electron chi connectivity index (χ3n) is 2.94. The summed E-state index contributed by atoms with van der Waals surface area (Å²) in [6.07, 6.45) is -0.997. The molecular formula is C12H18N2O6S. The fraction of sp³-hybridized carbons (Fsp3) is 0.500. The van der Waals surface area contributed by atoms with Gasteiger partial charge in [-0.05, 0) is 7.05 Å². The number of hydrogen-bond acceptors (Lipinski definition) is 7. The summed E-state index contributed by atoms with van der Waals surface area (Å²) in [5.41, 5.74) is 0.265. The molecule has 0 aliphatic carbocycles. The van der Waals surface area contributed by atoms with E-state index in [9.17, 15) is 13.5 Å². The average Bonchev–Trinajstić information content (AvgIpc) is 2.51. The molecule has 0 radical (unpaired) electrons. The Morgan fingerprint density at radius 2 is 1.90 bits per heavy atom.